The number of aromatic nitrogens is 1. The van der Waals surface area contributed by atoms with Gasteiger partial charge in [-0.1, -0.05) is 41.7 Å². The summed E-state index contributed by atoms with van der Waals surface area (Å²) in [5.41, 5.74) is 7.55. The van der Waals surface area contributed by atoms with Crippen LogP contribution in [0.25, 0.3) is 0 Å². The normalized spacial score (nSPS) is 10.4. The second-order valence-electron chi connectivity index (χ2n) is 4.24. The summed E-state index contributed by atoms with van der Waals surface area (Å²) in [4.78, 5) is 16.9. The lowest BCUT2D eigenvalue weighted by atomic mass is 10.1. The maximum Gasteiger partial charge on any atom is 0.263 e. The molecule has 106 valence electrons. The van der Waals surface area contributed by atoms with E-state index in [2.05, 4.69) is 10.3 Å². The van der Waals surface area contributed by atoms with Crippen LogP contribution in [0.4, 0.5) is 5.13 Å². The third-order valence-electron chi connectivity index (χ3n) is 2.73. The molecule has 0 spiro atoms. The van der Waals surface area contributed by atoms with Crippen molar-refractivity contribution in [1.29, 1.82) is 0 Å². The van der Waals surface area contributed by atoms with Crippen molar-refractivity contribution in [3.05, 3.63) is 46.5 Å². The molecule has 3 N–H and O–H groups in total. The minimum atomic E-state index is -0.151. The largest absolute Gasteiger partial charge is 0.383 e. The molecule has 0 bridgehead atoms. The fourth-order valence-electron chi connectivity index (χ4n) is 1.80. The number of ether oxygens (including phenoxy) is 1. The van der Waals surface area contributed by atoms with Crippen molar-refractivity contribution in [3.63, 3.8) is 0 Å². The molecule has 0 aliphatic carbocycles. The van der Waals surface area contributed by atoms with Crippen LogP contribution in [-0.4, -0.2) is 31.2 Å². The third kappa shape index (κ3) is 3.79. The lowest BCUT2D eigenvalue weighted by molar-refractivity contribution is 0.0940. The van der Waals surface area contributed by atoms with Gasteiger partial charge in [0.15, 0.2) is 5.13 Å². The van der Waals surface area contributed by atoms with E-state index >= 15 is 0 Å². The summed E-state index contributed by atoms with van der Waals surface area (Å²) in [5.74, 6) is -0.151. The zero-order valence-corrected chi connectivity index (χ0v) is 12.1. The number of hydrogen-bond donors (Lipinski definition) is 2. The predicted octanol–water partition coefficient (Wildman–Crippen LogP) is 1.69. The van der Waals surface area contributed by atoms with Crippen LogP contribution in [0.3, 0.4) is 0 Å². The lowest BCUT2D eigenvalue weighted by Crippen LogP contribution is -2.27. The van der Waals surface area contributed by atoms with Crippen LogP contribution >= 0.6 is 11.3 Å². The monoisotopic (exact) mass is 291 g/mol. The third-order valence-corrected chi connectivity index (χ3v) is 3.65. The van der Waals surface area contributed by atoms with Gasteiger partial charge in [0.25, 0.3) is 5.91 Å². The van der Waals surface area contributed by atoms with Gasteiger partial charge in [-0.25, -0.2) is 4.98 Å². The van der Waals surface area contributed by atoms with Crippen molar-refractivity contribution in [2.75, 3.05) is 26.0 Å². The molecule has 0 aliphatic heterocycles. The van der Waals surface area contributed by atoms with Gasteiger partial charge in [-0.2, -0.15) is 0 Å². The zero-order valence-electron chi connectivity index (χ0n) is 11.3. The molecule has 0 saturated heterocycles. The summed E-state index contributed by atoms with van der Waals surface area (Å²) in [6, 6.07) is 9.88. The van der Waals surface area contributed by atoms with Crippen molar-refractivity contribution in [1.82, 2.24) is 10.3 Å². The number of anilines is 1. The van der Waals surface area contributed by atoms with E-state index < -0.39 is 0 Å². The Balaban J connectivity index is 2.11. The first kappa shape index (κ1) is 14.5. The van der Waals surface area contributed by atoms with E-state index in [0.29, 0.717) is 35.3 Å². The summed E-state index contributed by atoms with van der Waals surface area (Å²) in [6.45, 7) is 0.950. The number of amides is 1. The molecule has 0 aliphatic rings. The summed E-state index contributed by atoms with van der Waals surface area (Å²) < 4.78 is 4.91. The number of methoxy groups -OCH3 is 1. The van der Waals surface area contributed by atoms with E-state index in [0.717, 1.165) is 5.56 Å². The van der Waals surface area contributed by atoms with Crippen molar-refractivity contribution in [2.24, 2.45) is 0 Å². The summed E-state index contributed by atoms with van der Waals surface area (Å²) >= 11 is 1.21. The molecule has 0 fully saturated rings. The van der Waals surface area contributed by atoms with Gasteiger partial charge in [0.2, 0.25) is 0 Å². The number of nitrogens with two attached hydrogens (primary N) is 1. The highest BCUT2D eigenvalue weighted by molar-refractivity contribution is 7.17. The molecule has 2 rings (SSSR count). The van der Waals surface area contributed by atoms with E-state index in [1.807, 2.05) is 30.3 Å². The van der Waals surface area contributed by atoms with Crippen molar-refractivity contribution in [2.45, 2.75) is 6.42 Å². The predicted molar refractivity (Wildman–Crippen MR) is 80.0 cm³/mol. The zero-order chi connectivity index (χ0) is 14.4. The Hall–Kier alpha value is -1.92. The Bertz CT molecular complexity index is 569. The van der Waals surface area contributed by atoms with Crippen LogP contribution in [0.1, 0.15) is 20.9 Å². The molecule has 6 heteroatoms. The van der Waals surface area contributed by atoms with E-state index in [-0.39, 0.29) is 5.91 Å². The minimum absolute atomic E-state index is 0.151. The first-order valence-corrected chi connectivity index (χ1v) is 7.08. The van der Waals surface area contributed by atoms with E-state index in [4.69, 9.17) is 10.5 Å². The Morgan fingerprint density at radius 1 is 1.40 bits per heavy atom. The second-order valence-corrected chi connectivity index (χ2v) is 5.27. The molecule has 20 heavy (non-hydrogen) atoms. The molecule has 0 saturated carbocycles. The molecule has 1 amide bonds. The fraction of sp³-hybridized carbons (Fsp3) is 0.286. The maximum absolute atomic E-state index is 12.1. The van der Waals surface area contributed by atoms with Crippen molar-refractivity contribution < 1.29 is 9.53 Å². The average Bonchev–Trinajstić information content (AvgIpc) is 2.81. The SMILES string of the molecule is COCCNC(=O)c1sc(N)nc1Cc1ccccc1. The molecule has 2 aromatic rings. The smallest absolute Gasteiger partial charge is 0.263 e. The fourth-order valence-corrected chi connectivity index (χ4v) is 2.57. The molecule has 0 unspecified atom stereocenters. The van der Waals surface area contributed by atoms with Gasteiger partial charge in [0, 0.05) is 20.1 Å². The molecular weight excluding hydrogens is 274 g/mol. The highest BCUT2D eigenvalue weighted by Gasteiger charge is 2.17. The number of benzene rings is 1. The van der Waals surface area contributed by atoms with Gasteiger partial charge in [-0.3, -0.25) is 4.79 Å². The van der Waals surface area contributed by atoms with Gasteiger partial charge in [-0.15, -0.1) is 0 Å². The van der Waals surface area contributed by atoms with E-state index in [9.17, 15) is 4.79 Å². The summed E-state index contributed by atoms with van der Waals surface area (Å²) in [7, 11) is 1.59. The molecule has 0 radical (unpaired) electrons. The topological polar surface area (TPSA) is 77.2 Å². The first-order chi connectivity index (χ1) is 9.70. The number of nitrogens with zero attached hydrogens (tertiary/aromatic N) is 1. The summed E-state index contributed by atoms with van der Waals surface area (Å²) in [6.07, 6.45) is 0.599. The number of nitrogen functional groups attached to an aromatic ring is 1. The van der Waals surface area contributed by atoms with Gasteiger partial charge < -0.3 is 15.8 Å². The Kier molecular flexibility index (Phi) is 5.09. The van der Waals surface area contributed by atoms with E-state index in [1.165, 1.54) is 11.3 Å². The number of hydrogen-bond acceptors (Lipinski definition) is 5. The van der Waals surface area contributed by atoms with E-state index in [1.54, 1.807) is 7.11 Å². The Morgan fingerprint density at radius 2 is 2.15 bits per heavy atom. The van der Waals surface area contributed by atoms with Crippen LogP contribution in [-0.2, 0) is 11.2 Å². The van der Waals surface area contributed by atoms with Gasteiger partial charge in [0.05, 0.1) is 12.3 Å². The molecule has 1 aromatic heterocycles. The van der Waals surface area contributed by atoms with Crippen LogP contribution < -0.4 is 11.1 Å². The first-order valence-electron chi connectivity index (χ1n) is 6.27. The molecule has 1 aromatic carbocycles. The average molecular weight is 291 g/mol. The number of rotatable bonds is 6. The highest BCUT2D eigenvalue weighted by atomic mass is 32.1. The number of carbonyl (C=O) groups is 1. The second kappa shape index (κ2) is 7.02. The van der Waals surface area contributed by atoms with Gasteiger partial charge in [0.1, 0.15) is 4.88 Å². The number of nitrogens with one attached hydrogen (secondary N) is 1. The molecule has 1 heterocycles. The summed E-state index contributed by atoms with van der Waals surface area (Å²) in [5, 5.41) is 3.20. The number of thiazole rings is 1. The maximum atomic E-state index is 12.1. The van der Waals surface area contributed by atoms with Crippen molar-refractivity contribution in [3.8, 4) is 0 Å². The van der Waals surface area contributed by atoms with Crippen molar-refractivity contribution >= 4 is 22.4 Å². The molecular formula is C14H17N3O2S. The molecule has 5 nitrogen and oxygen atoms in total. The van der Waals surface area contributed by atoms with Crippen LogP contribution in [0.5, 0.6) is 0 Å². The Labute approximate surface area is 121 Å². The quantitative estimate of drug-likeness (QED) is 0.794. The highest BCUT2D eigenvalue weighted by Crippen LogP contribution is 2.22. The van der Waals surface area contributed by atoms with Crippen LogP contribution in [0.15, 0.2) is 30.3 Å². The minimum Gasteiger partial charge on any atom is -0.383 e. The number of carbonyl (C=O) groups excluding carboxylic acids is 1. The molecule has 0 atom stereocenters. The lowest BCUT2D eigenvalue weighted by Gasteiger charge is -2.04. The van der Waals surface area contributed by atoms with Crippen LogP contribution in [0.2, 0.25) is 0 Å². The van der Waals surface area contributed by atoms with Gasteiger partial charge in [-0.05, 0) is 5.56 Å². The van der Waals surface area contributed by atoms with Crippen LogP contribution in [0, 0.1) is 0 Å². The standard InChI is InChI=1S/C14H17N3O2S/c1-19-8-7-16-13(18)12-11(17-14(15)20-12)9-10-5-3-2-4-6-10/h2-6H,7-9H2,1H3,(H2,15,17)(H,16,18). The Morgan fingerprint density at radius 3 is 2.85 bits per heavy atom. The van der Waals surface area contributed by atoms with Gasteiger partial charge >= 0.3 is 0 Å².